The molecule has 1 atom stereocenters. The number of carbonyl (C=O) groups is 1. The van der Waals surface area contributed by atoms with Crippen LogP contribution in [0, 0.1) is 5.41 Å². The molecule has 5 heteroatoms. The van der Waals surface area contributed by atoms with Crippen LogP contribution in [0.1, 0.15) is 34.6 Å². The van der Waals surface area contributed by atoms with Gasteiger partial charge < -0.3 is 34.0 Å². The van der Waals surface area contributed by atoms with Crippen LogP contribution < -0.4 is 29.3 Å². The topological polar surface area (TPSA) is 38.3 Å². The summed E-state index contributed by atoms with van der Waals surface area (Å²) in [5.41, 5.74) is -0.326. The Morgan fingerprint density at radius 3 is 2.39 bits per heavy atom. The molecular weight excluding hydrogens is 343 g/mol. The van der Waals surface area contributed by atoms with Gasteiger partial charge in [0.05, 0.1) is 25.6 Å². The lowest BCUT2D eigenvalue weighted by atomic mass is 9.97. The number of hydrogen-bond acceptors (Lipinski definition) is 3. The van der Waals surface area contributed by atoms with Gasteiger partial charge in [0.15, 0.2) is 0 Å². The number of quaternary nitrogens is 1. The number of nitrogens with one attached hydrogen (secondary N) is 1. The van der Waals surface area contributed by atoms with Crippen molar-refractivity contribution in [3.05, 3.63) is 0 Å². The molecule has 18 heavy (non-hydrogen) atoms. The summed E-state index contributed by atoms with van der Waals surface area (Å²) in [4.78, 5) is 11.8. The first kappa shape index (κ1) is 18.1. The Morgan fingerprint density at radius 2 is 1.94 bits per heavy atom. The highest BCUT2D eigenvalue weighted by Gasteiger charge is 2.43. The van der Waals surface area contributed by atoms with Crippen molar-refractivity contribution in [1.82, 2.24) is 5.32 Å². The number of nitrogens with zero attached hydrogens (tertiary/aromatic N) is 1. The molecule has 0 aromatic rings. The predicted molar refractivity (Wildman–Crippen MR) is 68.4 cm³/mol. The molecule has 0 saturated carbocycles. The van der Waals surface area contributed by atoms with Crippen LogP contribution >= 0.6 is 0 Å². The molecule has 0 aromatic carbocycles. The normalized spacial score (nSPS) is 27.2. The first-order chi connectivity index (χ1) is 7.58. The molecule has 1 N–H and O–H groups in total. The van der Waals surface area contributed by atoms with Crippen molar-refractivity contribution in [3.8, 4) is 0 Å². The van der Waals surface area contributed by atoms with Crippen LogP contribution in [-0.2, 0) is 9.53 Å². The van der Waals surface area contributed by atoms with Crippen LogP contribution in [0.25, 0.3) is 0 Å². The van der Waals surface area contributed by atoms with E-state index < -0.39 is 5.41 Å². The van der Waals surface area contributed by atoms with Crippen molar-refractivity contribution >= 4 is 5.97 Å². The smallest absolute Gasteiger partial charge is 0.315 e. The Hall–Kier alpha value is 0.120. The maximum absolute atomic E-state index is 11.8. The Balaban J connectivity index is 0.00000289. The zero-order valence-electron chi connectivity index (χ0n) is 12.5. The fraction of sp³-hybridized carbons (Fsp3) is 0.923. The third-order valence-corrected chi connectivity index (χ3v) is 3.89. The van der Waals surface area contributed by atoms with Crippen molar-refractivity contribution in [2.45, 2.75) is 40.2 Å². The quantitative estimate of drug-likeness (QED) is 0.360. The maximum atomic E-state index is 11.8. The highest BCUT2D eigenvalue weighted by atomic mass is 127. The van der Waals surface area contributed by atoms with Crippen LogP contribution in [0.5, 0.6) is 0 Å². The summed E-state index contributed by atoms with van der Waals surface area (Å²) in [6, 6.07) is 0. The lowest BCUT2D eigenvalue weighted by molar-refractivity contribution is -0.971. The predicted octanol–water partition coefficient (Wildman–Crippen LogP) is -1.63. The summed E-state index contributed by atoms with van der Waals surface area (Å²) in [5, 5.41) is 3.39. The molecule has 0 spiro atoms. The van der Waals surface area contributed by atoms with E-state index >= 15 is 0 Å². The largest absolute Gasteiger partial charge is 1.00 e. The minimum absolute atomic E-state index is 0. The second-order valence-corrected chi connectivity index (χ2v) is 6.92. The minimum Gasteiger partial charge on any atom is -1.00 e. The zero-order chi connectivity index (χ0) is 13.3. The zero-order valence-corrected chi connectivity index (χ0v) is 14.6. The van der Waals surface area contributed by atoms with Crippen LogP contribution in [0.15, 0.2) is 0 Å². The van der Waals surface area contributed by atoms with Gasteiger partial charge in [-0.2, -0.15) is 0 Å². The third-order valence-electron chi connectivity index (χ3n) is 3.89. The Bertz CT molecular complexity index is 300. The molecule has 0 radical (unpaired) electrons. The van der Waals surface area contributed by atoms with Gasteiger partial charge in [0, 0.05) is 6.54 Å². The summed E-state index contributed by atoms with van der Waals surface area (Å²) in [7, 11) is 2.16. The summed E-state index contributed by atoms with van der Waals surface area (Å²) in [6.07, 6.45) is 0. The van der Waals surface area contributed by atoms with E-state index in [-0.39, 0.29) is 35.5 Å². The van der Waals surface area contributed by atoms with E-state index in [1.165, 1.54) is 0 Å². The van der Waals surface area contributed by atoms with E-state index in [1.807, 2.05) is 20.8 Å². The SMILES string of the molecule is CC(C)(C)C(=O)OC[N+]1(C)CCNCC1(C)C.[I-]. The average Bonchev–Trinajstić information content (AvgIpc) is 2.18. The number of rotatable bonds is 2. The minimum atomic E-state index is -0.419. The fourth-order valence-corrected chi connectivity index (χ4v) is 1.87. The maximum Gasteiger partial charge on any atom is 0.315 e. The van der Waals surface area contributed by atoms with Gasteiger partial charge >= 0.3 is 5.97 Å². The van der Waals surface area contributed by atoms with Gasteiger partial charge in [0.25, 0.3) is 0 Å². The molecule has 1 aliphatic rings. The Morgan fingerprint density at radius 1 is 1.39 bits per heavy atom. The van der Waals surface area contributed by atoms with Crippen molar-refractivity contribution in [3.63, 3.8) is 0 Å². The number of piperazine rings is 1. The number of likely N-dealkylation sites (N-methyl/N-ethyl adjacent to an activating group) is 1. The van der Waals surface area contributed by atoms with E-state index in [2.05, 4.69) is 26.2 Å². The van der Waals surface area contributed by atoms with Gasteiger partial charge in [0.1, 0.15) is 5.54 Å². The van der Waals surface area contributed by atoms with Gasteiger partial charge in [-0.25, -0.2) is 0 Å². The molecule has 1 rings (SSSR count). The highest BCUT2D eigenvalue weighted by Crippen LogP contribution is 2.25. The summed E-state index contributed by atoms with van der Waals surface area (Å²) >= 11 is 0. The third kappa shape index (κ3) is 4.06. The molecule has 108 valence electrons. The Labute approximate surface area is 128 Å². The molecule has 1 heterocycles. The lowest BCUT2D eigenvalue weighted by Crippen LogP contribution is -3.00. The highest BCUT2D eigenvalue weighted by molar-refractivity contribution is 5.75. The number of carbonyl (C=O) groups excluding carboxylic acids is 1. The number of ether oxygens (including phenoxy) is 1. The fourth-order valence-electron chi connectivity index (χ4n) is 1.87. The molecule has 0 aromatic heterocycles. The summed E-state index contributed by atoms with van der Waals surface area (Å²) in [6.45, 7) is 13.5. The van der Waals surface area contributed by atoms with Crippen LogP contribution in [0.3, 0.4) is 0 Å². The van der Waals surface area contributed by atoms with Gasteiger partial charge in [-0.1, -0.05) is 0 Å². The molecule has 1 fully saturated rings. The van der Waals surface area contributed by atoms with E-state index in [4.69, 9.17) is 4.74 Å². The second kappa shape index (κ2) is 6.05. The van der Waals surface area contributed by atoms with Gasteiger partial charge in [-0.05, 0) is 34.6 Å². The number of halogens is 1. The van der Waals surface area contributed by atoms with Crippen molar-refractivity contribution in [2.24, 2.45) is 5.41 Å². The van der Waals surface area contributed by atoms with Crippen LogP contribution in [-0.4, -0.2) is 49.4 Å². The van der Waals surface area contributed by atoms with Crippen molar-refractivity contribution in [1.29, 1.82) is 0 Å². The molecule has 0 amide bonds. The molecule has 1 saturated heterocycles. The van der Waals surface area contributed by atoms with E-state index in [0.717, 1.165) is 24.1 Å². The number of hydrogen-bond donors (Lipinski definition) is 1. The molecule has 0 bridgehead atoms. The average molecular weight is 370 g/mol. The summed E-state index contributed by atoms with van der Waals surface area (Å²) < 4.78 is 6.27. The molecule has 4 nitrogen and oxygen atoms in total. The van der Waals surface area contributed by atoms with Crippen molar-refractivity contribution in [2.75, 3.05) is 33.4 Å². The van der Waals surface area contributed by atoms with E-state index in [1.54, 1.807) is 0 Å². The summed E-state index contributed by atoms with van der Waals surface area (Å²) in [5.74, 6) is -0.119. The van der Waals surface area contributed by atoms with Gasteiger partial charge in [-0.15, -0.1) is 0 Å². The Kier molecular flexibility index (Phi) is 6.09. The molecular formula is C13H27IN2O2. The van der Waals surface area contributed by atoms with Gasteiger partial charge in [0.2, 0.25) is 6.73 Å². The van der Waals surface area contributed by atoms with Crippen LogP contribution in [0.4, 0.5) is 0 Å². The lowest BCUT2D eigenvalue weighted by Gasteiger charge is -2.49. The number of esters is 1. The van der Waals surface area contributed by atoms with E-state index in [9.17, 15) is 4.79 Å². The monoisotopic (exact) mass is 370 g/mol. The standard InChI is InChI=1S/C13H27N2O2.HI/c1-12(2,3)11(16)17-10-15(6)8-7-14-9-13(15,4)5;/h14H,7-10H2,1-6H3;1H/q+1;/p-1. The van der Waals surface area contributed by atoms with Gasteiger partial charge in [-0.3, -0.25) is 9.28 Å². The molecule has 0 aliphatic carbocycles. The van der Waals surface area contributed by atoms with Crippen LogP contribution in [0.2, 0.25) is 0 Å². The van der Waals surface area contributed by atoms with E-state index in [0.29, 0.717) is 6.73 Å². The van der Waals surface area contributed by atoms with Crippen molar-refractivity contribution < 1.29 is 38.0 Å². The molecule has 1 aliphatic heterocycles. The first-order valence-corrected chi connectivity index (χ1v) is 6.31. The molecule has 1 unspecified atom stereocenters. The second-order valence-electron chi connectivity index (χ2n) is 6.92. The first-order valence-electron chi connectivity index (χ1n) is 6.31.